The van der Waals surface area contributed by atoms with Crippen LogP contribution < -0.4 is 0 Å². The van der Waals surface area contributed by atoms with E-state index in [0.29, 0.717) is 13.1 Å². The van der Waals surface area contributed by atoms with E-state index < -0.39 is 5.97 Å². The Morgan fingerprint density at radius 2 is 1.42 bits per heavy atom. The summed E-state index contributed by atoms with van der Waals surface area (Å²) in [4.78, 5) is 26.6. The van der Waals surface area contributed by atoms with Crippen molar-refractivity contribution >= 4 is 11.9 Å². The minimum Gasteiger partial charge on any atom is -0.481 e. The number of carboxylic acid groups (broad SMARTS) is 1. The zero-order valence-corrected chi connectivity index (χ0v) is 12.5. The van der Waals surface area contributed by atoms with E-state index in [1.807, 2.05) is 16.7 Å². The molecule has 5 nitrogen and oxygen atoms in total. The molecule has 0 aromatic carbocycles. The molecule has 0 aliphatic carbocycles. The van der Waals surface area contributed by atoms with Crippen molar-refractivity contribution < 1.29 is 14.7 Å². The highest BCUT2D eigenvalue weighted by Gasteiger charge is 2.16. The normalized spacial score (nSPS) is 10.7. The first kappa shape index (κ1) is 17.9. The van der Waals surface area contributed by atoms with Crippen molar-refractivity contribution in [3.05, 3.63) is 0 Å². The minimum atomic E-state index is -0.812. The first-order chi connectivity index (χ1) is 9.04. The van der Waals surface area contributed by atoms with E-state index in [1.165, 1.54) is 0 Å². The van der Waals surface area contributed by atoms with Crippen LogP contribution in [0.3, 0.4) is 0 Å². The van der Waals surface area contributed by atoms with Crippen LogP contribution in [0.1, 0.15) is 46.5 Å². The molecule has 5 heteroatoms. The van der Waals surface area contributed by atoms with Crippen molar-refractivity contribution in [2.75, 3.05) is 32.7 Å². The number of hydrogen-bond acceptors (Lipinski definition) is 3. The van der Waals surface area contributed by atoms with Gasteiger partial charge in [0, 0.05) is 19.6 Å². The second-order valence-corrected chi connectivity index (χ2v) is 4.80. The van der Waals surface area contributed by atoms with Gasteiger partial charge in [-0.05, 0) is 25.8 Å². The Labute approximate surface area is 116 Å². The molecule has 1 amide bonds. The highest BCUT2D eigenvalue weighted by atomic mass is 16.4. The molecule has 0 aliphatic rings. The van der Waals surface area contributed by atoms with E-state index in [1.54, 1.807) is 0 Å². The zero-order valence-electron chi connectivity index (χ0n) is 12.5. The predicted molar refractivity (Wildman–Crippen MR) is 76.1 cm³/mol. The van der Waals surface area contributed by atoms with Gasteiger partial charge in [0.25, 0.3) is 0 Å². The van der Waals surface area contributed by atoms with Crippen LogP contribution in [0, 0.1) is 0 Å². The summed E-state index contributed by atoms with van der Waals surface area (Å²) >= 11 is 0. The number of carboxylic acids is 1. The van der Waals surface area contributed by atoms with Gasteiger partial charge < -0.3 is 10.0 Å². The molecule has 0 bridgehead atoms. The Kier molecular flexibility index (Phi) is 10.2. The van der Waals surface area contributed by atoms with Gasteiger partial charge in [-0.15, -0.1) is 0 Å². The van der Waals surface area contributed by atoms with Crippen molar-refractivity contribution in [3.8, 4) is 0 Å². The third kappa shape index (κ3) is 8.59. The first-order valence-corrected chi connectivity index (χ1v) is 7.27. The van der Waals surface area contributed by atoms with Gasteiger partial charge in [-0.2, -0.15) is 0 Å². The Hall–Kier alpha value is -1.10. The molecular weight excluding hydrogens is 244 g/mol. The van der Waals surface area contributed by atoms with Crippen LogP contribution in [0.5, 0.6) is 0 Å². The third-order valence-corrected chi connectivity index (χ3v) is 2.88. The van der Waals surface area contributed by atoms with E-state index in [9.17, 15) is 9.59 Å². The summed E-state index contributed by atoms with van der Waals surface area (Å²) in [5, 5.41) is 8.72. The lowest BCUT2D eigenvalue weighted by Gasteiger charge is -2.26. The summed E-state index contributed by atoms with van der Waals surface area (Å²) in [6, 6.07) is 0. The molecule has 0 atom stereocenters. The monoisotopic (exact) mass is 272 g/mol. The average molecular weight is 272 g/mol. The molecule has 0 saturated carbocycles. The van der Waals surface area contributed by atoms with Crippen molar-refractivity contribution in [1.29, 1.82) is 0 Å². The minimum absolute atomic E-state index is 0.0921. The van der Waals surface area contributed by atoms with Gasteiger partial charge in [-0.25, -0.2) is 0 Å². The Morgan fingerprint density at radius 1 is 0.895 bits per heavy atom. The molecule has 112 valence electrons. The summed E-state index contributed by atoms with van der Waals surface area (Å²) in [6.07, 6.45) is 2.92. The lowest BCUT2D eigenvalue weighted by Crippen LogP contribution is -2.42. The van der Waals surface area contributed by atoms with E-state index in [-0.39, 0.29) is 12.3 Å². The molecule has 0 rings (SSSR count). The second-order valence-electron chi connectivity index (χ2n) is 4.80. The SMILES string of the molecule is CCCN(CCC(=O)O)CC(=O)N(CCC)CCC. The van der Waals surface area contributed by atoms with Crippen molar-refractivity contribution in [1.82, 2.24) is 9.80 Å². The van der Waals surface area contributed by atoms with Crippen LogP contribution in [0.25, 0.3) is 0 Å². The van der Waals surface area contributed by atoms with Crippen molar-refractivity contribution in [2.45, 2.75) is 46.5 Å². The maximum Gasteiger partial charge on any atom is 0.304 e. The van der Waals surface area contributed by atoms with Gasteiger partial charge in [0.2, 0.25) is 5.91 Å². The topological polar surface area (TPSA) is 60.9 Å². The highest BCUT2D eigenvalue weighted by Crippen LogP contribution is 2.00. The quantitative estimate of drug-likeness (QED) is 0.623. The predicted octanol–water partition coefficient (Wildman–Crippen LogP) is 1.82. The number of amides is 1. The molecule has 0 fully saturated rings. The summed E-state index contributed by atoms with van der Waals surface area (Å²) < 4.78 is 0. The molecule has 0 unspecified atom stereocenters. The van der Waals surface area contributed by atoms with Gasteiger partial charge >= 0.3 is 5.97 Å². The van der Waals surface area contributed by atoms with Crippen molar-refractivity contribution in [2.24, 2.45) is 0 Å². The Bertz CT molecular complexity index is 263. The molecule has 0 saturated heterocycles. The Balaban J connectivity index is 4.35. The fourth-order valence-corrected chi connectivity index (χ4v) is 2.03. The van der Waals surface area contributed by atoms with Crippen LogP contribution in [-0.2, 0) is 9.59 Å². The van der Waals surface area contributed by atoms with Gasteiger partial charge in [0.05, 0.1) is 13.0 Å². The second kappa shape index (κ2) is 10.8. The molecule has 1 N–H and O–H groups in total. The van der Waals surface area contributed by atoms with Gasteiger partial charge in [0.1, 0.15) is 0 Å². The smallest absolute Gasteiger partial charge is 0.304 e. The lowest BCUT2D eigenvalue weighted by atomic mass is 10.3. The molecular formula is C14H28N2O3. The fourth-order valence-electron chi connectivity index (χ4n) is 2.03. The molecule has 0 heterocycles. The maximum atomic E-state index is 12.2. The van der Waals surface area contributed by atoms with E-state index in [2.05, 4.69) is 13.8 Å². The van der Waals surface area contributed by atoms with Crippen LogP contribution >= 0.6 is 0 Å². The molecule has 0 aliphatic heterocycles. The Morgan fingerprint density at radius 3 is 1.84 bits per heavy atom. The van der Waals surface area contributed by atoms with Gasteiger partial charge in [-0.1, -0.05) is 20.8 Å². The number of aliphatic carboxylic acids is 1. The maximum absolute atomic E-state index is 12.2. The van der Waals surface area contributed by atoms with Crippen LogP contribution in [0.2, 0.25) is 0 Å². The molecule has 0 spiro atoms. The van der Waals surface area contributed by atoms with Gasteiger partial charge in [0.15, 0.2) is 0 Å². The largest absolute Gasteiger partial charge is 0.481 e. The third-order valence-electron chi connectivity index (χ3n) is 2.88. The van der Waals surface area contributed by atoms with E-state index in [4.69, 9.17) is 5.11 Å². The number of carbonyl (C=O) groups is 2. The van der Waals surface area contributed by atoms with Crippen LogP contribution in [0.15, 0.2) is 0 Å². The molecule has 0 radical (unpaired) electrons. The number of rotatable bonds is 11. The molecule has 0 aromatic rings. The number of hydrogen-bond donors (Lipinski definition) is 1. The summed E-state index contributed by atoms with van der Waals surface area (Å²) in [6.45, 7) is 9.27. The van der Waals surface area contributed by atoms with Crippen molar-refractivity contribution in [3.63, 3.8) is 0 Å². The number of carbonyl (C=O) groups excluding carboxylic acids is 1. The zero-order chi connectivity index (χ0) is 14.7. The first-order valence-electron chi connectivity index (χ1n) is 7.27. The van der Waals surface area contributed by atoms with E-state index in [0.717, 1.165) is 38.9 Å². The van der Waals surface area contributed by atoms with Crippen LogP contribution in [0.4, 0.5) is 0 Å². The summed E-state index contributed by atoms with van der Waals surface area (Å²) in [7, 11) is 0. The fraction of sp³-hybridized carbons (Fsp3) is 0.857. The highest BCUT2D eigenvalue weighted by molar-refractivity contribution is 5.78. The molecule has 19 heavy (non-hydrogen) atoms. The number of nitrogens with zero attached hydrogens (tertiary/aromatic N) is 2. The molecule has 0 aromatic heterocycles. The summed E-state index contributed by atoms with van der Waals surface area (Å²) in [5.74, 6) is -0.699. The van der Waals surface area contributed by atoms with E-state index >= 15 is 0 Å². The average Bonchev–Trinajstić information content (AvgIpc) is 2.35. The van der Waals surface area contributed by atoms with Gasteiger partial charge in [-0.3, -0.25) is 14.5 Å². The lowest BCUT2D eigenvalue weighted by molar-refractivity contribution is -0.138. The summed E-state index contributed by atoms with van der Waals surface area (Å²) in [5.41, 5.74) is 0. The standard InChI is InChI=1S/C14H28N2O3/c1-4-8-15(11-7-14(18)19)12-13(17)16(9-5-2)10-6-3/h4-12H2,1-3H3,(H,18,19). The van der Waals surface area contributed by atoms with Crippen LogP contribution in [-0.4, -0.2) is 59.5 Å².